The number of aliphatic hydroxyl groups is 1. The third kappa shape index (κ3) is 2.26. The van der Waals surface area contributed by atoms with Crippen LogP contribution in [0.15, 0.2) is 0 Å². The van der Waals surface area contributed by atoms with E-state index in [9.17, 15) is 5.11 Å². The van der Waals surface area contributed by atoms with Crippen LogP contribution in [0.2, 0.25) is 0 Å². The lowest BCUT2D eigenvalue weighted by atomic mass is 9.71. The summed E-state index contributed by atoms with van der Waals surface area (Å²) < 4.78 is 0. The first-order valence-corrected chi connectivity index (χ1v) is 6.67. The van der Waals surface area contributed by atoms with E-state index in [1.165, 1.54) is 12.2 Å². The van der Waals surface area contributed by atoms with Crippen LogP contribution in [-0.4, -0.2) is 35.3 Å². The highest BCUT2D eigenvalue weighted by Gasteiger charge is 2.45. The maximum atomic E-state index is 9.63. The Balaban J connectivity index is 2.72. The molecule has 0 aromatic carbocycles. The maximum Gasteiger partial charge on any atom is 0.0626 e. The van der Waals surface area contributed by atoms with E-state index in [1.807, 2.05) is 11.8 Å². The highest BCUT2D eigenvalue weighted by Crippen LogP contribution is 2.41. The van der Waals surface area contributed by atoms with Crippen molar-refractivity contribution in [1.29, 1.82) is 0 Å². The van der Waals surface area contributed by atoms with E-state index in [2.05, 4.69) is 26.1 Å². The Hall–Kier alpha value is 0.270. The van der Waals surface area contributed by atoms with Crippen molar-refractivity contribution in [2.24, 2.45) is 5.41 Å². The van der Waals surface area contributed by atoms with Gasteiger partial charge in [0, 0.05) is 5.75 Å². The fraction of sp³-hybridized carbons (Fsp3) is 1.00. The molecule has 0 amide bonds. The number of thioether (sulfide) groups is 1. The maximum absolute atomic E-state index is 9.63. The highest BCUT2D eigenvalue weighted by molar-refractivity contribution is 7.99. The first kappa shape index (κ1) is 12.3. The summed E-state index contributed by atoms with van der Waals surface area (Å²) in [7, 11) is 0. The average Bonchev–Trinajstić information content (AvgIpc) is 2.16. The summed E-state index contributed by atoms with van der Waals surface area (Å²) in [6.45, 7) is 7.97. The quantitative estimate of drug-likeness (QED) is 0.754. The molecule has 1 rings (SSSR count). The Morgan fingerprint density at radius 1 is 1.43 bits per heavy atom. The minimum absolute atomic E-state index is 0.0636. The van der Waals surface area contributed by atoms with Gasteiger partial charge in [0.2, 0.25) is 0 Å². The number of hydrogen-bond donors (Lipinski definition) is 2. The first-order chi connectivity index (χ1) is 6.58. The third-order valence-electron chi connectivity index (χ3n) is 3.50. The second-order valence-electron chi connectivity index (χ2n) is 4.85. The van der Waals surface area contributed by atoms with Crippen LogP contribution < -0.4 is 5.32 Å². The molecule has 1 fully saturated rings. The summed E-state index contributed by atoms with van der Waals surface area (Å²) in [5.41, 5.74) is 0.147. The zero-order valence-corrected chi connectivity index (χ0v) is 10.4. The van der Waals surface area contributed by atoms with E-state index in [4.69, 9.17) is 0 Å². The van der Waals surface area contributed by atoms with Gasteiger partial charge in [-0.2, -0.15) is 11.8 Å². The van der Waals surface area contributed by atoms with Crippen LogP contribution in [0.5, 0.6) is 0 Å². The molecule has 0 spiro atoms. The van der Waals surface area contributed by atoms with E-state index in [0.717, 1.165) is 18.7 Å². The van der Waals surface area contributed by atoms with Crippen LogP contribution in [0.1, 0.15) is 33.6 Å². The minimum Gasteiger partial charge on any atom is -0.394 e. The monoisotopic (exact) mass is 217 g/mol. The minimum atomic E-state index is -0.0636. The Labute approximate surface area is 91.9 Å². The van der Waals surface area contributed by atoms with Gasteiger partial charge in [-0.05, 0) is 30.6 Å². The molecule has 3 heteroatoms. The lowest BCUT2D eigenvalue weighted by molar-refractivity contribution is 0.0607. The fourth-order valence-electron chi connectivity index (χ4n) is 1.98. The summed E-state index contributed by atoms with van der Waals surface area (Å²) >= 11 is 1.96. The lowest BCUT2D eigenvalue weighted by Gasteiger charge is -2.49. The van der Waals surface area contributed by atoms with E-state index in [0.29, 0.717) is 0 Å². The highest BCUT2D eigenvalue weighted by atomic mass is 32.2. The van der Waals surface area contributed by atoms with Crippen LogP contribution in [0.4, 0.5) is 0 Å². The molecule has 1 aliphatic heterocycles. The second-order valence-corrected chi connectivity index (χ2v) is 5.96. The van der Waals surface area contributed by atoms with Crippen molar-refractivity contribution in [2.75, 3.05) is 24.7 Å². The standard InChI is InChI=1S/C11H23NOS/c1-4-6-12-11(8-13)9-14-7-5-10(11,2)3/h12-13H,4-9H2,1-3H3. The molecular weight excluding hydrogens is 194 g/mol. The largest absolute Gasteiger partial charge is 0.394 e. The molecule has 14 heavy (non-hydrogen) atoms. The molecule has 2 nitrogen and oxygen atoms in total. The smallest absolute Gasteiger partial charge is 0.0626 e. The van der Waals surface area contributed by atoms with Gasteiger partial charge in [0.1, 0.15) is 0 Å². The van der Waals surface area contributed by atoms with Crippen molar-refractivity contribution >= 4 is 11.8 Å². The molecule has 0 saturated carbocycles. The van der Waals surface area contributed by atoms with E-state index in [-0.39, 0.29) is 17.6 Å². The Morgan fingerprint density at radius 3 is 2.64 bits per heavy atom. The van der Waals surface area contributed by atoms with Gasteiger partial charge >= 0.3 is 0 Å². The van der Waals surface area contributed by atoms with Crippen LogP contribution >= 0.6 is 11.8 Å². The number of rotatable bonds is 4. The van der Waals surface area contributed by atoms with Crippen LogP contribution in [0.3, 0.4) is 0 Å². The van der Waals surface area contributed by atoms with Gasteiger partial charge in [-0.15, -0.1) is 0 Å². The van der Waals surface area contributed by atoms with E-state index >= 15 is 0 Å². The number of hydrogen-bond acceptors (Lipinski definition) is 3. The third-order valence-corrected chi connectivity index (χ3v) is 4.69. The number of aliphatic hydroxyl groups excluding tert-OH is 1. The van der Waals surface area contributed by atoms with Crippen molar-refractivity contribution in [3.8, 4) is 0 Å². The van der Waals surface area contributed by atoms with Crippen molar-refractivity contribution in [2.45, 2.75) is 39.2 Å². The van der Waals surface area contributed by atoms with Gasteiger partial charge in [-0.1, -0.05) is 20.8 Å². The topological polar surface area (TPSA) is 32.3 Å². The molecule has 84 valence electrons. The van der Waals surface area contributed by atoms with Gasteiger partial charge in [-0.3, -0.25) is 0 Å². The average molecular weight is 217 g/mol. The SMILES string of the molecule is CCCNC1(CO)CSCCC1(C)C. The van der Waals surface area contributed by atoms with Gasteiger partial charge in [0.25, 0.3) is 0 Å². The molecule has 1 saturated heterocycles. The fourth-order valence-corrected chi connectivity index (χ4v) is 3.71. The summed E-state index contributed by atoms with van der Waals surface area (Å²) in [5, 5.41) is 13.2. The lowest BCUT2D eigenvalue weighted by Crippen LogP contribution is -2.62. The van der Waals surface area contributed by atoms with Gasteiger partial charge < -0.3 is 10.4 Å². The molecule has 1 heterocycles. The second kappa shape index (κ2) is 4.86. The van der Waals surface area contributed by atoms with Crippen LogP contribution in [0, 0.1) is 5.41 Å². The van der Waals surface area contributed by atoms with Crippen LogP contribution in [-0.2, 0) is 0 Å². The van der Waals surface area contributed by atoms with Gasteiger partial charge in [0.15, 0.2) is 0 Å². The molecule has 0 radical (unpaired) electrons. The summed E-state index contributed by atoms with van der Waals surface area (Å²) in [6, 6.07) is 0. The van der Waals surface area contributed by atoms with E-state index in [1.54, 1.807) is 0 Å². The van der Waals surface area contributed by atoms with Gasteiger partial charge in [0.05, 0.1) is 12.1 Å². The zero-order valence-electron chi connectivity index (χ0n) is 9.60. The van der Waals surface area contributed by atoms with Crippen molar-refractivity contribution in [3.63, 3.8) is 0 Å². The Kier molecular flexibility index (Phi) is 4.29. The first-order valence-electron chi connectivity index (χ1n) is 5.51. The molecule has 1 unspecified atom stereocenters. The molecular formula is C11H23NOS. The molecule has 0 aliphatic carbocycles. The Morgan fingerprint density at radius 2 is 2.14 bits per heavy atom. The molecule has 0 aromatic heterocycles. The molecule has 0 aromatic rings. The number of nitrogens with one attached hydrogen (secondary N) is 1. The predicted octanol–water partition coefficient (Wildman–Crippen LogP) is 1.88. The van der Waals surface area contributed by atoms with Crippen molar-refractivity contribution < 1.29 is 5.11 Å². The van der Waals surface area contributed by atoms with Crippen molar-refractivity contribution in [1.82, 2.24) is 5.32 Å². The van der Waals surface area contributed by atoms with E-state index < -0.39 is 0 Å². The van der Waals surface area contributed by atoms with Crippen molar-refractivity contribution in [3.05, 3.63) is 0 Å². The molecule has 1 atom stereocenters. The van der Waals surface area contributed by atoms with Gasteiger partial charge in [-0.25, -0.2) is 0 Å². The molecule has 1 aliphatic rings. The predicted molar refractivity (Wildman–Crippen MR) is 63.8 cm³/mol. The zero-order chi connectivity index (χ0) is 10.7. The summed E-state index contributed by atoms with van der Waals surface area (Å²) in [6.07, 6.45) is 2.32. The normalized spacial score (nSPS) is 31.7. The summed E-state index contributed by atoms with van der Waals surface area (Å²) in [4.78, 5) is 0. The van der Waals surface area contributed by atoms with Crippen LogP contribution in [0.25, 0.3) is 0 Å². The molecule has 0 bridgehead atoms. The summed E-state index contributed by atoms with van der Waals surface area (Å²) in [5.74, 6) is 2.26. The Bertz CT molecular complexity index is 184. The molecule has 2 N–H and O–H groups in total.